The molecular weight excluding hydrogens is 196 g/mol. The van der Waals surface area contributed by atoms with Gasteiger partial charge in [-0.15, -0.1) is 0 Å². The minimum atomic E-state index is -0.348. The minimum Gasteiger partial charge on any atom is -0.393 e. The van der Waals surface area contributed by atoms with E-state index < -0.39 is 0 Å². The van der Waals surface area contributed by atoms with Crippen molar-refractivity contribution in [2.45, 2.75) is 27.2 Å². The molecule has 0 rings (SSSR count). The predicted octanol–water partition coefficient (Wildman–Crippen LogP) is 1.41. The van der Waals surface area contributed by atoms with Gasteiger partial charge in [0.2, 0.25) is 5.91 Å². The van der Waals surface area contributed by atoms with Crippen molar-refractivity contribution in [2.75, 3.05) is 13.6 Å². The summed E-state index contributed by atoms with van der Waals surface area (Å²) in [5.41, 5.74) is 5.42. The van der Waals surface area contributed by atoms with Crippen LogP contribution >= 0.6 is 12.2 Å². The van der Waals surface area contributed by atoms with Gasteiger partial charge < -0.3 is 10.6 Å². The zero-order valence-electron chi connectivity index (χ0n) is 9.41. The van der Waals surface area contributed by atoms with E-state index in [0.29, 0.717) is 5.92 Å². The van der Waals surface area contributed by atoms with Crippen molar-refractivity contribution in [1.82, 2.24) is 4.90 Å². The average Bonchev–Trinajstić information content (AvgIpc) is 2.14. The molecule has 2 atom stereocenters. The number of rotatable bonds is 5. The Hall–Kier alpha value is -0.640. The first-order valence-electron chi connectivity index (χ1n) is 4.94. The van der Waals surface area contributed by atoms with Crippen LogP contribution in [-0.4, -0.2) is 29.4 Å². The third-order valence-electron chi connectivity index (χ3n) is 2.46. The lowest BCUT2D eigenvalue weighted by molar-refractivity contribution is -0.132. The quantitative estimate of drug-likeness (QED) is 0.707. The molecule has 0 aromatic carbocycles. The number of hydrogen-bond acceptors (Lipinski definition) is 2. The van der Waals surface area contributed by atoms with Gasteiger partial charge >= 0.3 is 0 Å². The molecule has 2 N–H and O–H groups in total. The molecule has 0 aliphatic carbocycles. The summed E-state index contributed by atoms with van der Waals surface area (Å²) >= 11 is 4.79. The van der Waals surface area contributed by atoms with Crippen molar-refractivity contribution in [2.24, 2.45) is 17.6 Å². The molecule has 0 aliphatic heterocycles. The van der Waals surface area contributed by atoms with Crippen LogP contribution in [0.15, 0.2) is 0 Å². The zero-order valence-corrected chi connectivity index (χ0v) is 10.2. The van der Waals surface area contributed by atoms with Crippen molar-refractivity contribution in [1.29, 1.82) is 0 Å². The fourth-order valence-corrected chi connectivity index (χ4v) is 1.24. The first kappa shape index (κ1) is 13.4. The Morgan fingerprint density at radius 3 is 2.36 bits per heavy atom. The fraction of sp³-hybridized carbons (Fsp3) is 0.800. The molecule has 82 valence electrons. The second-order valence-corrected chi connectivity index (χ2v) is 4.33. The highest BCUT2D eigenvalue weighted by atomic mass is 32.1. The van der Waals surface area contributed by atoms with Crippen molar-refractivity contribution in [3.05, 3.63) is 0 Å². The van der Waals surface area contributed by atoms with Crippen molar-refractivity contribution in [3.63, 3.8) is 0 Å². The molecule has 2 unspecified atom stereocenters. The van der Waals surface area contributed by atoms with E-state index >= 15 is 0 Å². The minimum absolute atomic E-state index is 0.0119. The van der Waals surface area contributed by atoms with E-state index in [2.05, 4.69) is 13.8 Å². The van der Waals surface area contributed by atoms with Gasteiger partial charge in [0, 0.05) is 13.6 Å². The van der Waals surface area contributed by atoms with Gasteiger partial charge in [0.15, 0.2) is 0 Å². The third kappa shape index (κ3) is 4.05. The number of nitrogens with zero attached hydrogens (tertiary/aromatic N) is 1. The molecule has 3 nitrogen and oxygen atoms in total. The largest absolute Gasteiger partial charge is 0.393 e. The molecule has 1 amide bonds. The first-order valence-corrected chi connectivity index (χ1v) is 5.35. The third-order valence-corrected chi connectivity index (χ3v) is 2.81. The summed E-state index contributed by atoms with van der Waals surface area (Å²) in [5.74, 6) is 0.180. The zero-order chi connectivity index (χ0) is 11.3. The van der Waals surface area contributed by atoms with E-state index in [1.807, 2.05) is 0 Å². The maximum absolute atomic E-state index is 11.7. The van der Waals surface area contributed by atoms with Gasteiger partial charge in [0.1, 0.15) is 0 Å². The van der Waals surface area contributed by atoms with Crippen LogP contribution in [0.5, 0.6) is 0 Å². The van der Waals surface area contributed by atoms with Crippen molar-refractivity contribution in [3.8, 4) is 0 Å². The Balaban J connectivity index is 4.18. The summed E-state index contributed by atoms with van der Waals surface area (Å²) in [5, 5.41) is 0. The highest BCUT2D eigenvalue weighted by molar-refractivity contribution is 7.80. The van der Waals surface area contributed by atoms with Gasteiger partial charge in [-0.25, -0.2) is 0 Å². The Morgan fingerprint density at radius 2 is 2.00 bits per heavy atom. The monoisotopic (exact) mass is 216 g/mol. The molecule has 0 bridgehead atoms. The van der Waals surface area contributed by atoms with E-state index in [0.717, 1.165) is 13.0 Å². The van der Waals surface area contributed by atoms with Crippen LogP contribution in [0.4, 0.5) is 0 Å². The van der Waals surface area contributed by atoms with Gasteiger partial charge in [0.25, 0.3) is 0 Å². The summed E-state index contributed by atoms with van der Waals surface area (Å²) in [6.45, 7) is 6.75. The number of hydrogen-bond donors (Lipinski definition) is 1. The molecule has 0 radical (unpaired) electrons. The van der Waals surface area contributed by atoms with E-state index in [1.165, 1.54) is 0 Å². The number of nitrogens with two attached hydrogens (primary N) is 1. The van der Waals surface area contributed by atoms with Crippen LogP contribution in [0.25, 0.3) is 0 Å². The smallest absolute Gasteiger partial charge is 0.231 e. The number of carbonyl (C=O) groups excluding carboxylic acids is 1. The summed E-state index contributed by atoms with van der Waals surface area (Å²) in [7, 11) is 1.79. The first-order chi connectivity index (χ1) is 6.40. The number of thiocarbonyl (C=S) groups is 1. The molecule has 14 heavy (non-hydrogen) atoms. The Labute approximate surface area is 91.6 Å². The van der Waals surface area contributed by atoms with Gasteiger partial charge in [-0.05, 0) is 12.8 Å². The summed E-state index contributed by atoms with van der Waals surface area (Å²) in [6, 6.07) is 0. The Bertz CT molecular complexity index is 218. The maximum Gasteiger partial charge on any atom is 0.231 e. The van der Waals surface area contributed by atoms with Gasteiger partial charge in [-0.2, -0.15) is 0 Å². The van der Waals surface area contributed by atoms with Gasteiger partial charge in [-0.1, -0.05) is 32.5 Å². The number of carbonyl (C=O) groups is 1. The topological polar surface area (TPSA) is 46.3 Å². The molecular formula is C10H20N2OS. The Morgan fingerprint density at radius 1 is 1.50 bits per heavy atom. The molecule has 0 heterocycles. The molecule has 0 spiro atoms. The summed E-state index contributed by atoms with van der Waals surface area (Å²) < 4.78 is 0. The van der Waals surface area contributed by atoms with Crippen molar-refractivity contribution < 1.29 is 4.79 Å². The van der Waals surface area contributed by atoms with Crippen LogP contribution in [0.2, 0.25) is 0 Å². The lowest BCUT2D eigenvalue weighted by Crippen LogP contribution is -2.39. The standard InChI is InChI=1S/C10H20N2OS/c1-5-7(2)6-12(4)10(13)8(3)9(11)14/h7-8H,5-6H2,1-4H3,(H2,11,14). The van der Waals surface area contributed by atoms with E-state index in [-0.39, 0.29) is 16.8 Å². The number of amides is 1. The SMILES string of the molecule is CCC(C)CN(C)C(=O)C(C)C(N)=S. The molecule has 0 saturated carbocycles. The molecule has 4 heteroatoms. The second-order valence-electron chi connectivity index (χ2n) is 3.86. The van der Waals surface area contributed by atoms with E-state index in [4.69, 9.17) is 18.0 Å². The molecule has 0 aromatic rings. The molecule has 0 aliphatic rings. The van der Waals surface area contributed by atoms with Crippen LogP contribution in [0.3, 0.4) is 0 Å². The van der Waals surface area contributed by atoms with Crippen molar-refractivity contribution >= 4 is 23.1 Å². The van der Waals surface area contributed by atoms with Gasteiger partial charge in [0.05, 0.1) is 10.9 Å². The molecule has 0 aromatic heterocycles. The lowest BCUT2D eigenvalue weighted by atomic mass is 10.1. The van der Waals surface area contributed by atoms with Crippen LogP contribution in [0.1, 0.15) is 27.2 Å². The highest BCUT2D eigenvalue weighted by Gasteiger charge is 2.20. The second kappa shape index (κ2) is 5.96. The lowest BCUT2D eigenvalue weighted by Gasteiger charge is -2.23. The van der Waals surface area contributed by atoms with Crippen LogP contribution < -0.4 is 5.73 Å². The Kier molecular flexibility index (Phi) is 5.69. The fourth-order valence-electron chi connectivity index (χ4n) is 1.14. The predicted molar refractivity (Wildman–Crippen MR) is 63.0 cm³/mol. The maximum atomic E-state index is 11.7. The molecule has 0 saturated heterocycles. The van der Waals surface area contributed by atoms with Gasteiger partial charge in [-0.3, -0.25) is 4.79 Å². The summed E-state index contributed by atoms with van der Waals surface area (Å²) in [6.07, 6.45) is 1.07. The van der Waals surface area contributed by atoms with Crippen LogP contribution in [-0.2, 0) is 4.79 Å². The van der Waals surface area contributed by atoms with Crippen LogP contribution in [0, 0.1) is 11.8 Å². The normalized spacial score (nSPS) is 14.6. The summed E-state index contributed by atoms with van der Waals surface area (Å²) in [4.78, 5) is 13.7. The van der Waals surface area contributed by atoms with E-state index in [9.17, 15) is 4.79 Å². The molecule has 0 fully saturated rings. The average molecular weight is 216 g/mol. The highest BCUT2D eigenvalue weighted by Crippen LogP contribution is 2.07. The van der Waals surface area contributed by atoms with E-state index in [1.54, 1.807) is 18.9 Å².